The van der Waals surface area contributed by atoms with Crippen molar-refractivity contribution in [3.63, 3.8) is 0 Å². The van der Waals surface area contributed by atoms with E-state index in [1.807, 2.05) is 36.2 Å². The molecule has 2 aromatic rings. The lowest BCUT2D eigenvalue weighted by Gasteiger charge is -2.17. The molecule has 2 aromatic carbocycles. The molecule has 1 heterocycles. The van der Waals surface area contributed by atoms with Crippen molar-refractivity contribution in [2.75, 3.05) is 18.5 Å². The summed E-state index contributed by atoms with van der Waals surface area (Å²) < 4.78 is 5.24. The first-order chi connectivity index (χ1) is 13.0. The molecule has 0 aromatic heterocycles. The predicted molar refractivity (Wildman–Crippen MR) is 107 cm³/mol. The van der Waals surface area contributed by atoms with Crippen molar-refractivity contribution in [3.8, 4) is 6.07 Å². The van der Waals surface area contributed by atoms with E-state index in [2.05, 4.69) is 11.1 Å². The van der Waals surface area contributed by atoms with E-state index < -0.39 is 5.97 Å². The van der Waals surface area contributed by atoms with Crippen LogP contribution in [-0.2, 0) is 9.53 Å². The fourth-order valence-corrected chi connectivity index (χ4v) is 3.01. The summed E-state index contributed by atoms with van der Waals surface area (Å²) in [6.45, 7) is 0.652. The third-order valence-electron chi connectivity index (χ3n) is 3.98. The van der Waals surface area contributed by atoms with Crippen LogP contribution in [0, 0.1) is 11.3 Å². The molecule has 3 rings (SSSR count). The molecule has 0 saturated heterocycles. The molecule has 1 aliphatic rings. The normalized spacial score (nSPS) is 14.7. The molecule has 0 bridgehead atoms. The molecule has 0 fully saturated rings. The van der Waals surface area contributed by atoms with E-state index in [1.165, 1.54) is 0 Å². The van der Waals surface area contributed by atoms with E-state index in [1.54, 1.807) is 24.3 Å². The zero-order valence-corrected chi connectivity index (χ0v) is 16.0. The van der Waals surface area contributed by atoms with Crippen LogP contribution in [0.15, 0.2) is 53.2 Å². The highest BCUT2D eigenvalue weighted by Crippen LogP contribution is 2.26. The van der Waals surface area contributed by atoms with Gasteiger partial charge in [0.15, 0.2) is 5.70 Å². The Kier molecular flexibility index (Phi) is 5.80. The zero-order chi connectivity index (χ0) is 19.4. The molecule has 27 heavy (non-hydrogen) atoms. The number of anilines is 1. The highest BCUT2D eigenvalue weighted by atomic mass is 35.5. The number of carbonyl (C=O) groups excluding carboxylic acids is 1. The van der Waals surface area contributed by atoms with Gasteiger partial charge < -0.3 is 9.64 Å². The maximum absolute atomic E-state index is 12.1. The van der Waals surface area contributed by atoms with E-state index in [0.29, 0.717) is 28.6 Å². The molecule has 0 amide bonds. The van der Waals surface area contributed by atoms with Gasteiger partial charge in [0, 0.05) is 24.3 Å². The number of carbonyl (C=O) groups is 1. The van der Waals surface area contributed by atoms with Crippen LogP contribution in [0.4, 0.5) is 5.69 Å². The van der Waals surface area contributed by atoms with Crippen molar-refractivity contribution < 1.29 is 9.53 Å². The van der Waals surface area contributed by atoms with Gasteiger partial charge in [-0.05, 0) is 42.0 Å². The maximum atomic E-state index is 12.1. The monoisotopic (exact) mass is 399 g/mol. The van der Waals surface area contributed by atoms with Crippen LogP contribution in [-0.4, -0.2) is 25.5 Å². The molecule has 0 N–H and O–H groups in total. The Hall–Kier alpha value is -2.81. The summed E-state index contributed by atoms with van der Waals surface area (Å²) in [6, 6.07) is 14.6. The smallest absolute Gasteiger partial charge is 0.363 e. The molecule has 7 heteroatoms. The number of hydrogen-bond donors (Lipinski definition) is 0. The van der Waals surface area contributed by atoms with Gasteiger partial charge in [0.25, 0.3) is 0 Å². The predicted octanol–water partition coefficient (Wildman–Crippen LogP) is 4.69. The molecule has 0 radical (unpaired) electrons. The van der Waals surface area contributed by atoms with Crippen molar-refractivity contribution in [2.24, 2.45) is 4.99 Å². The Balaban J connectivity index is 1.81. The van der Waals surface area contributed by atoms with Crippen LogP contribution in [0.1, 0.15) is 17.5 Å². The van der Waals surface area contributed by atoms with Crippen molar-refractivity contribution in [1.82, 2.24) is 0 Å². The number of rotatable bonds is 5. The Morgan fingerprint density at radius 3 is 2.63 bits per heavy atom. The summed E-state index contributed by atoms with van der Waals surface area (Å²) in [7, 11) is 1.92. The summed E-state index contributed by atoms with van der Waals surface area (Å²) in [5.74, 6) is -0.382. The minimum absolute atomic E-state index is 0.153. The summed E-state index contributed by atoms with van der Waals surface area (Å²) >= 11 is 12.0. The summed E-state index contributed by atoms with van der Waals surface area (Å²) in [4.78, 5) is 18.4. The zero-order valence-electron chi connectivity index (χ0n) is 14.4. The van der Waals surface area contributed by atoms with Crippen LogP contribution in [0.3, 0.4) is 0 Å². The van der Waals surface area contributed by atoms with Gasteiger partial charge in [-0.15, -0.1) is 0 Å². The van der Waals surface area contributed by atoms with Crippen LogP contribution >= 0.6 is 23.2 Å². The third kappa shape index (κ3) is 4.48. The topological polar surface area (TPSA) is 65.7 Å². The molecule has 136 valence electrons. The van der Waals surface area contributed by atoms with Crippen LogP contribution in [0.25, 0.3) is 6.08 Å². The van der Waals surface area contributed by atoms with Gasteiger partial charge >= 0.3 is 5.97 Å². The molecular formula is C20H15Cl2N3O2. The van der Waals surface area contributed by atoms with E-state index in [4.69, 9.17) is 33.2 Å². The largest absolute Gasteiger partial charge is 0.402 e. The Morgan fingerprint density at radius 1 is 1.22 bits per heavy atom. The number of benzene rings is 2. The van der Waals surface area contributed by atoms with E-state index >= 15 is 0 Å². The first-order valence-corrected chi connectivity index (χ1v) is 8.89. The fourth-order valence-electron chi connectivity index (χ4n) is 2.52. The van der Waals surface area contributed by atoms with Gasteiger partial charge in [-0.3, -0.25) is 0 Å². The van der Waals surface area contributed by atoms with Crippen molar-refractivity contribution >= 4 is 46.8 Å². The third-order valence-corrected chi connectivity index (χ3v) is 4.53. The van der Waals surface area contributed by atoms with Gasteiger partial charge in [-0.25, -0.2) is 9.79 Å². The van der Waals surface area contributed by atoms with E-state index in [9.17, 15) is 4.79 Å². The van der Waals surface area contributed by atoms with Crippen LogP contribution in [0.5, 0.6) is 0 Å². The van der Waals surface area contributed by atoms with Gasteiger partial charge in [0.1, 0.15) is 0 Å². The molecule has 0 aliphatic carbocycles. The minimum atomic E-state index is -0.536. The van der Waals surface area contributed by atoms with E-state index in [-0.39, 0.29) is 11.6 Å². The molecule has 0 spiro atoms. The first-order valence-electron chi connectivity index (χ1n) is 8.14. The number of aliphatic imine (C=N–C) groups is 1. The number of cyclic esters (lactones) is 1. The second-order valence-electron chi connectivity index (χ2n) is 5.88. The summed E-state index contributed by atoms with van der Waals surface area (Å²) in [5, 5.41) is 9.52. The van der Waals surface area contributed by atoms with Gasteiger partial charge in [-0.1, -0.05) is 35.3 Å². The second kappa shape index (κ2) is 8.26. The van der Waals surface area contributed by atoms with E-state index in [0.717, 1.165) is 11.3 Å². The van der Waals surface area contributed by atoms with Crippen LogP contribution < -0.4 is 4.90 Å². The second-order valence-corrected chi connectivity index (χ2v) is 6.73. The highest BCUT2D eigenvalue weighted by molar-refractivity contribution is 6.37. The number of halogens is 2. The van der Waals surface area contributed by atoms with Crippen molar-refractivity contribution in [3.05, 3.63) is 69.3 Å². The number of hydrogen-bond acceptors (Lipinski definition) is 5. The van der Waals surface area contributed by atoms with Gasteiger partial charge in [0.2, 0.25) is 5.90 Å². The average Bonchev–Trinajstić information content (AvgIpc) is 3.00. The number of esters is 1. The highest BCUT2D eigenvalue weighted by Gasteiger charge is 2.25. The number of nitrogens with zero attached hydrogens (tertiary/aromatic N) is 3. The number of ether oxygens (including phenoxy) is 1. The molecule has 5 nitrogen and oxygen atoms in total. The lowest BCUT2D eigenvalue weighted by atomic mass is 10.1. The molecule has 0 atom stereocenters. The summed E-state index contributed by atoms with van der Waals surface area (Å²) in [6.07, 6.45) is 2.11. The SMILES string of the molecule is CN(CCC#N)c1ccc(/C=C2\N=C(c3ccc(Cl)cc3Cl)OC2=O)cc1. The molecule has 0 saturated carbocycles. The first kappa shape index (κ1) is 19.0. The van der Waals surface area contributed by atoms with Gasteiger partial charge in [0.05, 0.1) is 23.1 Å². The molecule has 0 unspecified atom stereocenters. The van der Waals surface area contributed by atoms with Crippen LogP contribution in [0.2, 0.25) is 10.0 Å². The summed E-state index contributed by atoms with van der Waals surface area (Å²) in [5.41, 5.74) is 2.50. The standard InChI is InChI=1S/C20H15Cl2N3O2/c1-25(10-2-9-23)15-6-3-13(4-7-15)11-18-20(26)27-19(24-18)16-8-5-14(21)12-17(16)22/h3-8,11-12H,2,10H2,1H3/b18-11-. The van der Waals surface area contributed by atoms with Crippen molar-refractivity contribution in [1.29, 1.82) is 5.26 Å². The van der Waals surface area contributed by atoms with Gasteiger partial charge in [-0.2, -0.15) is 5.26 Å². The molecular weight excluding hydrogens is 385 g/mol. The van der Waals surface area contributed by atoms with Crippen molar-refractivity contribution in [2.45, 2.75) is 6.42 Å². The Bertz CT molecular complexity index is 976. The molecule has 1 aliphatic heterocycles. The lowest BCUT2D eigenvalue weighted by Crippen LogP contribution is -2.17. The Morgan fingerprint density at radius 2 is 1.96 bits per heavy atom. The lowest BCUT2D eigenvalue weighted by molar-refractivity contribution is -0.129. The Labute approximate surface area is 167 Å². The maximum Gasteiger partial charge on any atom is 0.363 e. The fraction of sp³-hybridized carbons (Fsp3) is 0.150. The quantitative estimate of drug-likeness (QED) is 0.540. The minimum Gasteiger partial charge on any atom is -0.402 e. The average molecular weight is 400 g/mol. The number of nitriles is 1.